The monoisotopic (exact) mass is 268 g/mol. The molecule has 0 amide bonds. The van der Waals surface area contributed by atoms with E-state index in [0.717, 1.165) is 23.5 Å². The molecule has 0 radical (unpaired) electrons. The van der Waals surface area contributed by atoms with Crippen LogP contribution < -0.4 is 5.73 Å². The molecule has 1 saturated heterocycles. The van der Waals surface area contributed by atoms with Crippen LogP contribution >= 0.6 is 23.3 Å². The molecular formula is C10H12N4OS2. The van der Waals surface area contributed by atoms with Crippen LogP contribution in [-0.2, 0) is 0 Å². The van der Waals surface area contributed by atoms with Gasteiger partial charge in [0.05, 0.1) is 16.5 Å². The number of hydrogen-bond acceptors (Lipinski definition) is 7. The largest absolute Gasteiger partial charge is 0.389 e. The normalized spacial score (nSPS) is 19.9. The van der Waals surface area contributed by atoms with Gasteiger partial charge in [0.25, 0.3) is 5.89 Å². The molecule has 0 saturated carbocycles. The predicted molar refractivity (Wildman–Crippen MR) is 69.0 cm³/mol. The molecule has 3 rings (SSSR count). The fourth-order valence-corrected chi connectivity index (χ4v) is 3.74. The number of rotatable bonds is 2. The minimum Gasteiger partial charge on any atom is -0.389 e. The van der Waals surface area contributed by atoms with E-state index in [9.17, 15) is 0 Å². The van der Waals surface area contributed by atoms with Crippen molar-refractivity contribution in [1.29, 1.82) is 0 Å². The molecule has 2 aromatic rings. The van der Waals surface area contributed by atoms with Gasteiger partial charge in [0.15, 0.2) is 5.82 Å². The Hall–Kier alpha value is -1.08. The van der Waals surface area contributed by atoms with E-state index in [1.165, 1.54) is 23.7 Å². The third-order valence-electron chi connectivity index (χ3n) is 2.76. The molecule has 7 heteroatoms. The van der Waals surface area contributed by atoms with E-state index < -0.39 is 0 Å². The summed E-state index contributed by atoms with van der Waals surface area (Å²) in [5, 5.41) is 5.06. The Labute approximate surface area is 107 Å². The SMILES string of the molecule is Cc1nsc(N)c1-c1nc(C2CCCS2)no1. The number of thioether (sulfide) groups is 1. The van der Waals surface area contributed by atoms with Crippen molar-refractivity contribution in [1.82, 2.24) is 14.5 Å². The van der Waals surface area contributed by atoms with Crippen LogP contribution in [0.25, 0.3) is 11.5 Å². The Morgan fingerprint density at radius 1 is 1.47 bits per heavy atom. The first kappa shape index (κ1) is 11.0. The van der Waals surface area contributed by atoms with E-state index in [4.69, 9.17) is 10.3 Å². The van der Waals surface area contributed by atoms with E-state index in [0.29, 0.717) is 16.1 Å². The van der Waals surface area contributed by atoms with Crippen molar-refractivity contribution >= 4 is 28.3 Å². The highest BCUT2D eigenvalue weighted by molar-refractivity contribution is 7.99. The first-order valence-corrected chi connectivity index (χ1v) is 7.25. The zero-order valence-corrected chi connectivity index (χ0v) is 11.0. The van der Waals surface area contributed by atoms with Gasteiger partial charge in [-0.3, -0.25) is 0 Å². The Morgan fingerprint density at radius 3 is 3.00 bits per heavy atom. The summed E-state index contributed by atoms with van der Waals surface area (Å²) in [6.07, 6.45) is 2.35. The van der Waals surface area contributed by atoms with Gasteiger partial charge in [0, 0.05) is 0 Å². The lowest BCUT2D eigenvalue weighted by atomic mass is 10.2. The summed E-state index contributed by atoms with van der Waals surface area (Å²) in [6.45, 7) is 1.90. The van der Waals surface area contributed by atoms with Crippen LogP contribution in [0.15, 0.2) is 4.52 Å². The average Bonchev–Trinajstić information content (AvgIpc) is 2.98. The van der Waals surface area contributed by atoms with Gasteiger partial charge in [0.2, 0.25) is 0 Å². The maximum atomic E-state index is 5.86. The van der Waals surface area contributed by atoms with Crippen LogP contribution in [0, 0.1) is 6.92 Å². The molecule has 0 spiro atoms. The van der Waals surface area contributed by atoms with E-state index in [-0.39, 0.29) is 0 Å². The maximum Gasteiger partial charge on any atom is 0.262 e. The number of aromatic nitrogens is 3. The quantitative estimate of drug-likeness (QED) is 0.902. The fraction of sp³-hybridized carbons (Fsp3) is 0.500. The lowest BCUT2D eigenvalue weighted by Crippen LogP contribution is -1.92. The van der Waals surface area contributed by atoms with E-state index in [1.807, 2.05) is 18.7 Å². The molecule has 90 valence electrons. The molecule has 0 aromatic carbocycles. The van der Waals surface area contributed by atoms with Gasteiger partial charge in [-0.25, -0.2) is 0 Å². The van der Waals surface area contributed by atoms with Gasteiger partial charge < -0.3 is 10.3 Å². The van der Waals surface area contributed by atoms with Gasteiger partial charge in [-0.1, -0.05) is 5.16 Å². The van der Waals surface area contributed by atoms with Crippen LogP contribution in [0.1, 0.15) is 29.6 Å². The molecule has 0 aliphatic carbocycles. The standard InChI is InChI=1S/C10H12N4OS2/c1-5-7(8(11)17-14-5)10-12-9(13-15-10)6-3-2-4-16-6/h6H,2-4,11H2,1H3. The molecule has 1 atom stereocenters. The zero-order chi connectivity index (χ0) is 11.8. The Kier molecular flexibility index (Phi) is 2.79. The molecule has 1 aliphatic heterocycles. The highest BCUT2D eigenvalue weighted by Crippen LogP contribution is 2.39. The van der Waals surface area contributed by atoms with Crippen molar-refractivity contribution in [2.75, 3.05) is 11.5 Å². The van der Waals surface area contributed by atoms with Gasteiger partial charge in [-0.15, -0.1) is 0 Å². The second-order valence-corrected chi connectivity index (χ2v) is 6.08. The van der Waals surface area contributed by atoms with Crippen molar-refractivity contribution in [2.24, 2.45) is 0 Å². The van der Waals surface area contributed by atoms with E-state index >= 15 is 0 Å². The van der Waals surface area contributed by atoms with Gasteiger partial charge in [0.1, 0.15) is 5.00 Å². The number of nitrogen functional groups attached to an aromatic ring is 1. The molecule has 1 unspecified atom stereocenters. The second-order valence-electron chi connectivity index (χ2n) is 3.97. The molecule has 2 N–H and O–H groups in total. The van der Waals surface area contributed by atoms with Gasteiger partial charge in [-0.2, -0.15) is 21.1 Å². The first-order valence-electron chi connectivity index (χ1n) is 5.43. The van der Waals surface area contributed by atoms with Crippen molar-refractivity contribution < 1.29 is 4.52 Å². The number of nitrogens with zero attached hydrogens (tertiary/aromatic N) is 3. The summed E-state index contributed by atoms with van der Waals surface area (Å²) in [5.41, 5.74) is 7.50. The second kappa shape index (κ2) is 4.30. The number of nitrogens with two attached hydrogens (primary N) is 1. The molecule has 5 nitrogen and oxygen atoms in total. The molecule has 1 aliphatic rings. The minimum absolute atomic E-state index is 0.376. The number of anilines is 1. The van der Waals surface area contributed by atoms with Crippen LogP contribution in [0.5, 0.6) is 0 Å². The van der Waals surface area contributed by atoms with Crippen molar-refractivity contribution in [2.45, 2.75) is 25.0 Å². The van der Waals surface area contributed by atoms with Gasteiger partial charge in [-0.05, 0) is 37.1 Å². The van der Waals surface area contributed by atoms with Crippen LogP contribution in [-0.4, -0.2) is 20.3 Å². The Bertz CT molecular complexity index is 511. The van der Waals surface area contributed by atoms with Crippen LogP contribution in [0.2, 0.25) is 0 Å². The number of hydrogen-bond donors (Lipinski definition) is 1. The zero-order valence-electron chi connectivity index (χ0n) is 9.34. The van der Waals surface area contributed by atoms with Crippen LogP contribution in [0.4, 0.5) is 5.00 Å². The summed E-state index contributed by atoms with van der Waals surface area (Å²) in [4.78, 5) is 4.44. The highest BCUT2D eigenvalue weighted by atomic mass is 32.2. The minimum atomic E-state index is 0.376. The van der Waals surface area contributed by atoms with Crippen molar-refractivity contribution in [3.8, 4) is 11.5 Å². The summed E-state index contributed by atoms with van der Waals surface area (Å²) >= 11 is 3.15. The summed E-state index contributed by atoms with van der Waals surface area (Å²) < 4.78 is 9.48. The van der Waals surface area contributed by atoms with Gasteiger partial charge >= 0.3 is 0 Å². The first-order chi connectivity index (χ1) is 8.25. The highest BCUT2D eigenvalue weighted by Gasteiger charge is 2.25. The third kappa shape index (κ3) is 1.93. The van der Waals surface area contributed by atoms with Crippen LogP contribution in [0.3, 0.4) is 0 Å². The molecule has 1 fully saturated rings. The Balaban J connectivity index is 1.94. The molecule has 0 bridgehead atoms. The molecule has 17 heavy (non-hydrogen) atoms. The lowest BCUT2D eigenvalue weighted by molar-refractivity contribution is 0.421. The Morgan fingerprint density at radius 2 is 2.35 bits per heavy atom. The lowest BCUT2D eigenvalue weighted by Gasteiger charge is -1.99. The van der Waals surface area contributed by atoms with Crippen molar-refractivity contribution in [3.63, 3.8) is 0 Å². The summed E-state index contributed by atoms with van der Waals surface area (Å²) in [7, 11) is 0. The fourth-order valence-electron chi connectivity index (χ4n) is 1.90. The summed E-state index contributed by atoms with van der Waals surface area (Å²) in [6, 6.07) is 0. The maximum absolute atomic E-state index is 5.86. The van der Waals surface area contributed by atoms with E-state index in [2.05, 4.69) is 14.5 Å². The molecular weight excluding hydrogens is 256 g/mol. The topological polar surface area (TPSA) is 77.8 Å². The van der Waals surface area contributed by atoms with E-state index in [1.54, 1.807) is 0 Å². The average molecular weight is 268 g/mol. The number of aryl methyl sites for hydroxylation is 1. The third-order valence-corrected chi connectivity index (χ3v) is 4.90. The smallest absolute Gasteiger partial charge is 0.262 e. The van der Waals surface area contributed by atoms with Crippen molar-refractivity contribution in [3.05, 3.63) is 11.5 Å². The predicted octanol–water partition coefficient (Wildman–Crippen LogP) is 2.65. The summed E-state index contributed by atoms with van der Waals surface area (Å²) in [5.74, 6) is 2.46. The molecule has 2 aromatic heterocycles. The molecule has 3 heterocycles.